The lowest BCUT2D eigenvalue weighted by molar-refractivity contribution is 0.211. The van der Waals surface area contributed by atoms with Gasteiger partial charge in [0, 0.05) is 18.7 Å². The van der Waals surface area contributed by atoms with Crippen LogP contribution in [0.15, 0.2) is 12.3 Å². The number of nitrogens with zero attached hydrogens (tertiary/aromatic N) is 2. The molecule has 1 atom stereocenters. The molecule has 1 aromatic heterocycles. The third-order valence-corrected chi connectivity index (χ3v) is 3.09. The molecule has 90 valence electrons. The van der Waals surface area contributed by atoms with Crippen LogP contribution < -0.4 is 10.1 Å². The van der Waals surface area contributed by atoms with E-state index in [1.54, 1.807) is 6.20 Å². The highest BCUT2D eigenvalue weighted by molar-refractivity contribution is 5.43. The van der Waals surface area contributed by atoms with Crippen molar-refractivity contribution in [3.63, 3.8) is 0 Å². The Morgan fingerprint density at radius 2 is 2.53 bits per heavy atom. The molecule has 1 aromatic rings. The Balaban J connectivity index is 1.99. The molecule has 1 aliphatic rings. The molecule has 4 heteroatoms. The average molecular weight is 231 g/mol. The SMILES string of the molecule is Cc1ccnc(OCC2CCCNC2)c1C#N. The minimum absolute atomic E-state index is 0.470. The molecule has 1 fully saturated rings. The first-order valence-corrected chi connectivity index (χ1v) is 6.00. The fraction of sp³-hybridized carbons (Fsp3) is 0.538. The third kappa shape index (κ3) is 2.95. The Morgan fingerprint density at radius 1 is 1.65 bits per heavy atom. The Morgan fingerprint density at radius 3 is 3.24 bits per heavy atom. The summed E-state index contributed by atoms with van der Waals surface area (Å²) in [6.45, 7) is 4.63. The molecule has 1 aliphatic heterocycles. The molecule has 0 saturated carbocycles. The smallest absolute Gasteiger partial charge is 0.231 e. The summed E-state index contributed by atoms with van der Waals surface area (Å²) in [5.74, 6) is 0.996. The van der Waals surface area contributed by atoms with Gasteiger partial charge < -0.3 is 10.1 Å². The maximum atomic E-state index is 9.05. The van der Waals surface area contributed by atoms with Crippen LogP contribution in [0.4, 0.5) is 0 Å². The molecule has 0 radical (unpaired) electrons. The van der Waals surface area contributed by atoms with Gasteiger partial charge in [-0.05, 0) is 37.9 Å². The molecule has 0 aromatic carbocycles. The molecule has 0 bridgehead atoms. The van der Waals surface area contributed by atoms with E-state index in [9.17, 15) is 0 Å². The maximum Gasteiger partial charge on any atom is 0.231 e. The van der Waals surface area contributed by atoms with Crippen LogP contribution in [0, 0.1) is 24.2 Å². The summed E-state index contributed by atoms with van der Waals surface area (Å²) in [6, 6.07) is 3.98. The van der Waals surface area contributed by atoms with E-state index in [1.807, 2.05) is 13.0 Å². The van der Waals surface area contributed by atoms with Crippen LogP contribution in [0.1, 0.15) is 24.0 Å². The number of rotatable bonds is 3. The highest BCUT2D eigenvalue weighted by Gasteiger charge is 2.15. The molecule has 4 nitrogen and oxygen atoms in total. The van der Waals surface area contributed by atoms with Crippen molar-refractivity contribution in [3.8, 4) is 11.9 Å². The minimum Gasteiger partial charge on any atom is -0.476 e. The third-order valence-electron chi connectivity index (χ3n) is 3.09. The summed E-state index contributed by atoms with van der Waals surface area (Å²) in [5.41, 5.74) is 1.47. The van der Waals surface area contributed by atoms with Crippen molar-refractivity contribution >= 4 is 0 Å². The molecule has 0 spiro atoms. The van der Waals surface area contributed by atoms with Gasteiger partial charge >= 0.3 is 0 Å². The Bertz CT molecular complexity index is 419. The van der Waals surface area contributed by atoms with Gasteiger partial charge in [0.2, 0.25) is 5.88 Å². The number of piperidine rings is 1. The van der Waals surface area contributed by atoms with Crippen molar-refractivity contribution in [1.82, 2.24) is 10.3 Å². The number of aryl methyl sites for hydroxylation is 1. The van der Waals surface area contributed by atoms with E-state index in [0.29, 0.717) is 24.0 Å². The van der Waals surface area contributed by atoms with Crippen LogP contribution in [-0.2, 0) is 0 Å². The zero-order valence-corrected chi connectivity index (χ0v) is 10.1. The second-order valence-corrected chi connectivity index (χ2v) is 4.44. The fourth-order valence-corrected chi connectivity index (χ4v) is 2.04. The number of aromatic nitrogens is 1. The van der Waals surface area contributed by atoms with Gasteiger partial charge in [0.05, 0.1) is 6.61 Å². The molecular formula is C13H17N3O. The minimum atomic E-state index is 0.470. The number of nitrogens with one attached hydrogen (secondary N) is 1. The Hall–Kier alpha value is -1.60. The van der Waals surface area contributed by atoms with Gasteiger partial charge in [0.15, 0.2) is 0 Å². The van der Waals surface area contributed by atoms with Gasteiger partial charge in [-0.25, -0.2) is 4.98 Å². The normalized spacial score (nSPS) is 19.6. The lowest BCUT2D eigenvalue weighted by Gasteiger charge is -2.22. The van der Waals surface area contributed by atoms with Crippen molar-refractivity contribution in [3.05, 3.63) is 23.4 Å². The van der Waals surface area contributed by atoms with Crippen molar-refractivity contribution in [2.75, 3.05) is 19.7 Å². The number of nitriles is 1. The first-order chi connectivity index (χ1) is 8.31. The second kappa shape index (κ2) is 5.65. The first kappa shape index (κ1) is 11.9. The molecule has 0 amide bonds. The van der Waals surface area contributed by atoms with E-state index in [-0.39, 0.29) is 0 Å². The maximum absolute atomic E-state index is 9.05. The highest BCUT2D eigenvalue weighted by atomic mass is 16.5. The standard InChI is InChI=1S/C13H17N3O/c1-10-4-6-16-13(12(10)7-14)17-9-11-3-2-5-15-8-11/h4,6,11,15H,2-3,5,8-9H2,1H3. The summed E-state index contributed by atoms with van der Waals surface area (Å²) in [6.07, 6.45) is 4.06. The van der Waals surface area contributed by atoms with E-state index in [2.05, 4.69) is 16.4 Å². The van der Waals surface area contributed by atoms with Crippen LogP contribution in [0.3, 0.4) is 0 Å². The van der Waals surface area contributed by atoms with Crippen LogP contribution in [0.5, 0.6) is 5.88 Å². The monoisotopic (exact) mass is 231 g/mol. The summed E-state index contributed by atoms with van der Waals surface area (Å²) in [4.78, 5) is 4.13. The zero-order valence-electron chi connectivity index (χ0n) is 10.1. The van der Waals surface area contributed by atoms with Crippen LogP contribution in [0.25, 0.3) is 0 Å². The van der Waals surface area contributed by atoms with Crippen molar-refractivity contribution in [2.24, 2.45) is 5.92 Å². The molecule has 2 heterocycles. The molecule has 0 aliphatic carbocycles. The van der Waals surface area contributed by atoms with Crippen molar-refractivity contribution < 1.29 is 4.74 Å². The van der Waals surface area contributed by atoms with E-state index in [0.717, 1.165) is 18.7 Å². The quantitative estimate of drug-likeness (QED) is 0.859. The molecule has 1 N–H and O–H groups in total. The van der Waals surface area contributed by atoms with E-state index in [1.165, 1.54) is 12.8 Å². The van der Waals surface area contributed by atoms with Crippen LogP contribution in [0.2, 0.25) is 0 Å². The topological polar surface area (TPSA) is 57.9 Å². The first-order valence-electron chi connectivity index (χ1n) is 6.00. The molecule has 1 unspecified atom stereocenters. The Kier molecular flexibility index (Phi) is 3.94. The summed E-state index contributed by atoms with van der Waals surface area (Å²) in [5, 5.41) is 12.4. The number of hydrogen-bond acceptors (Lipinski definition) is 4. The fourth-order valence-electron chi connectivity index (χ4n) is 2.04. The van der Waals surface area contributed by atoms with Crippen molar-refractivity contribution in [2.45, 2.75) is 19.8 Å². The molecule has 2 rings (SSSR count). The molecule has 1 saturated heterocycles. The highest BCUT2D eigenvalue weighted by Crippen LogP contribution is 2.19. The molecular weight excluding hydrogens is 214 g/mol. The number of ether oxygens (including phenoxy) is 1. The number of hydrogen-bond donors (Lipinski definition) is 1. The van der Waals surface area contributed by atoms with Gasteiger partial charge in [0.1, 0.15) is 11.6 Å². The van der Waals surface area contributed by atoms with Gasteiger partial charge in [-0.1, -0.05) is 0 Å². The van der Waals surface area contributed by atoms with Crippen LogP contribution in [-0.4, -0.2) is 24.7 Å². The second-order valence-electron chi connectivity index (χ2n) is 4.44. The summed E-state index contributed by atoms with van der Waals surface area (Å²) < 4.78 is 5.67. The van der Waals surface area contributed by atoms with Gasteiger partial charge in [0.25, 0.3) is 0 Å². The zero-order chi connectivity index (χ0) is 12.1. The van der Waals surface area contributed by atoms with E-state index >= 15 is 0 Å². The number of pyridine rings is 1. The van der Waals surface area contributed by atoms with E-state index < -0.39 is 0 Å². The predicted molar refractivity (Wildman–Crippen MR) is 64.8 cm³/mol. The van der Waals surface area contributed by atoms with Gasteiger partial charge in [-0.3, -0.25) is 0 Å². The van der Waals surface area contributed by atoms with Gasteiger partial charge in [-0.15, -0.1) is 0 Å². The largest absolute Gasteiger partial charge is 0.476 e. The lowest BCUT2D eigenvalue weighted by atomic mass is 10.0. The predicted octanol–water partition coefficient (Wildman–Crippen LogP) is 1.64. The summed E-state index contributed by atoms with van der Waals surface area (Å²) in [7, 11) is 0. The van der Waals surface area contributed by atoms with E-state index in [4.69, 9.17) is 10.00 Å². The van der Waals surface area contributed by atoms with Crippen molar-refractivity contribution in [1.29, 1.82) is 5.26 Å². The lowest BCUT2D eigenvalue weighted by Crippen LogP contribution is -2.33. The van der Waals surface area contributed by atoms with Crippen LogP contribution >= 0.6 is 0 Å². The molecule has 17 heavy (non-hydrogen) atoms. The Labute approximate surface area is 102 Å². The van der Waals surface area contributed by atoms with Gasteiger partial charge in [-0.2, -0.15) is 5.26 Å². The summed E-state index contributed by atoms with van der Waals surface area (Å²) >= 11 is 0. The average Bonchev–Trinajstić information content (AvgIpc) is 2.37.